The van der Waals surface area contributed by atoms with Gasteiger partial charge in [0.05, 0.1) is 33.1 Å². The van der Waals surface area contributed by atoms with Gasteiger partial charge in [0.2, 0.25) is 0 Å². The van der Waals surface area contributed by atoms with Crippen LogP contribution in [-0.4, -0.2) is 40.0 Å². The number of rotatable bonds is 5. The molecule has 0 unspecified atom stereocenters. The highest BCUT2D eigenvalue weighted by atomic mass is 16.5. The molecule has 26 heavy (non-hydrogen) atoms. The fraction of sp³-hybridized carbons (Fsp3) is 0.316. The molecule has 3 rings (SSSR count). The van der Waals surface area contributed by atoms with Crippen LogP contribution in [0.3, 0.4) is 0 Å². The van der Waals surface area contributed by atoms with Gasteiger partial charge in [-0.25, -0.2) is 4.79 Å². The first kappa shape index (κ1) is 17.7. The third-order valence-corrected chi connectivity index (χ3v) is 4.17. The van der Waals surface area contributed by atoms with Crippen LogP contribution in [0.15, 0.2) is 36.4 Å². The molecule has 0 saturated carbocycles. The Hall–Kier alpha value is -3.09. The van der Waals surface area contributed by atoms with Gasteiger partial charge in [-0.3, -0.25) is 0 Å². The van der Waals surface area contributed by atoms with Gasteiger partial charge in [0, 0.05) is 6.07 Å². The van der Waals surface area contributed by atoms with E-state index in [0.29, 0.717) is 30.2 Å². The fourth-order valence-electron chi connectivity index (χ4n) is 2.84. The van der Waals surface area contributed by atoms with Gasteiger partial charge in [0.15, 0.2) is 0 Å². The lowest BCUT2D eigenvalue weighted by molar-refractivity contribution is 0.222. The molecule has 2 aromatic carbocycles. The highest BCUT2D eigenvalue weighted by Gasteiger charge is 2.22. The molecule has 0 radical (unpaired) electrons. The van der Waals surface area contributed by atoms with Crippen molar-refractivity contribution in [2.75, 3.05) is 33.3 Å². The lowest BCUT2D eigenvalue weighted by atomic mass is 10.0. The SMILES string of the molecule is COc1ccc2c(c1)C[C@H](NC(=O)Nc1ccc(OC)cc1OC)CO2. The molecular formula is C19H22N2O5. The number of hydrogen-bond acceptors (Lipinski definition) is 5. The number of ether oxygens (including phenoxy) is 4. The molecule has 0 aromatic heterocycles. The van der Waals surface area contributed by atoms with Crippen LogP contribution in [0.2, 0.25) is 0 Å². The van der Waals surface area contributed by atoms with Crippen LogP contribution in [-0.2, 0) is 6.42 Å². The first-order valence-corrected chi connectivity index (χ1v) is 8.22. The monoisotopic (exact) mass is 358 g/mol. The van der Waals surface area contributed by atoms with E-state index in [1.165, 1.54) is 7.11 Å². The molecule has 0 fully saturated rings. The number of fused-ring (bicyclic) bond motifs is 1. The van der Waals surface area contributed by atoms with E-state index >= 15 is 0 Å². The van der Waals surface area contributed by atoms with E-state index in [0.717, 1.165) is 17.1 Å². The van der Waals surface area contributed by atoms with E-state index < -0.39 is 0 Å². The largest absolute Gasteiger partial charge is 0.497 e. The minimum atomic E-state index is -0.326. The van der Waals surface area contributed by atoms with Crippen molar-refractivity contribution in [2.45, 2.75) is 12.5 Å². The summed E-state index contributed by atoms with van der Waals surface area (Å²) in [5, 5.41) is 5.72. The Morgan fingerprint density at radius 2 is 1.77 bits per heavy atom. The highest BCUT2D eigenvalue weighted by molar-refractivity contribution is 5.91. The number of anilines is 1. The standard InChI is InChI=1S/C19H22N2O5/c1-23-14-5-7-17-12(9-14)8-13(11-26-17)20-19(22)21-16-6-4-15(24-2)10-18(16)25-3/h4-7,9-10,13H,8,11H2,1-3H3,(H2,20,21,22)/t13-/m0/s1. The zero-order chi connectivity index (χ0) is 18.5. The Morgan fingerprint density at radius 1 is 1.04 bits per heavy atom. The lowest BCUT2D eigenvalue weighted by Gasteiger charge is -2.26. The van der Waals surface area contributed by atoms with Gasteiger partial charge >= 0.3 is 6.03 Å². The van der Waals surface area contributed by atoms with Crippen LogP contribution in [0.4, 0.5) is 10.5 Å². The first-order valence-electron chi connectivity index (χ1n) is 8.22. The second-order valence-corrected chi connectivity index (χ2v) is 5.85. The molecular weight excluding hydrogens is 336 g/mol. The summed E-state index contributed by atoms with van der Waals surface area (Å²) < 4.78 is 21.4. The smallest absolute Gasteiger partial charge is 0.319 e. The molecule has 1 aliphatic heterocycles. The highest BCUT2D eigenvalue weighted by Crippen LogP contribution is 2.30. The molecule has 2 N–H and O–H groups in total. The second-order valence-electron chi connectivity index (χ2n) is 5.85. The normalized spacial score (nSPS) is 15.3. The second kappa shape index (κ2) is 7.86. The van der Waals surface area contributed by atoms with Crippen LogP contribution in [0.5, 0.6) is 23.0 Å². The third kappa shape index (κ3) is 3.93. The molecule has 1 aliphatic rings. The zero-order valence-corrected chi connectivity index (χ0v) is 15.0. The van der Waals surface area contributed by atoms with Gasteiger partial charge in [0.1, 0.15) is 29.6 Å². The predicted molar refractivity (Wildman–Crippen MR) is 97.7 cm³/mol. The van der Waals surface area contributed by atoms with E-state index in [1.54, 1.807) is 32.4 Å². The zero-order valence-electron chi connectivity index (χ0n) is 15.0. The quantitative estimate of drug-likeness (QED) is 0.859. The first-order chi connectivity index (χ1) is 12.6. The maximum atomic E-state index is 12.3. The van der Waals surface area contributed by atoms with Gasteiger partial charge in [-0.1, -0.05) is 0 Å². The minimum Gasteiger partial charge on any atom is -0.497 e. The Kier molecular flexibility index (Phi) is 5.36. The molecule has 0 saturated heterocycles. The maximum Gasteiger partial charge on any atom is 0.319 e. The van der Waals surface area contributed by atoms with Gasteiger partial charge < -0.3 is 29.6 Å². The van der Waals surface area contributed by atoms with Crippen molar-refractivity contribution in [3.63, 3.8) is 0 Å². The van der Waals surface area contributed by atoms with Crippen LogP contribution in [0.25, 0.3) is 0 Å². The number of carbonyl (C=O) groups is 1. The average molecular weight is 358 g/mol. The van der Waals surface area contributed by atoms with Gasteiger partial charge in [-0.2, -0.15) is 0 Å². The summed E-state index contributed by atoms with van der Waals surface area (Å²) in [7, 11) is 4.73. The van der Waals surface area contributed by atoms with E-state index in [1.807, 2.05) is 18.2 Å². The van der Waals surface area contributed by atoms with Crippen LogP contribution < -0.4 is 29.6 Å². The minimum absolute atomic E-state index is 0.140. The predicted octanol–water partition coefficient (Wildman–Crippen LogP) is 2.84. The third-order valence-electron chi connectivity index (χ3n) is 4.17. The van der Waals surface area contributed by atoms with Crippen molar-refractivity contribution in [2.24, 2.45) is 0 Å². The summed E-state index contributed by atoms with van der Waals surface area (Å²) in [5.41, 5.74) is 1.56. The molecule has 0 bridgehead atoms. The number of methoxy groups -OCH3 is 3. The van der Waals surface area contributed by atoms with Crippen molar-refractivity contribution in [1.29, 1.82) is 0 Å². The maximum absolute atomic E-state index is 12.3. The molecule has 7 heteroatoms. The number of hydrogen-bond donors (Lipinski definition) is 2. The number of nitrogens with one attached hydrogen (secondary N) is 2. The summed E-state index contributed by atoms with van der Waals surface area (Å²) in [6.45, 7) is 0.409. The molecule has 0 spiro atoms. The van der Waals surface area contributed by atoms with Crippen molar-refractivity contribution >= 4 is 11.7 Å². The molecule has 1 atom stereocenters. The van der Waals surface area contributed by atoms with Crippen LogP contribution in [0.1, 0.15) is 5.56 Å². The van der Waals surface area contributed by atoms with Crippen molar-refractivity contribution in [3.05, 3.63) is 42.0 Å². The summed E-state index contributed by atoms with van der Waals surface area (Å²) in [6, 6.07) is 10.4. The Morgan fingerprint density at radius 3 is 2.50 bits per heavy atom. The number of urea groups is 1. The van der Waals surface area contributed by atoms with E-state index in [4.69, 9.17) is 18.9 Å². The molecule has 7 nitrogen and oxygen atoms in total. The van der Waals surface area contributed by atoms with E-state index in [-0.39, 0.29) is 12.1 Å². The number of benzene rings is 2. The van der Waals surface area contributed by atoms with Crippen LogP contribution in [0, 0.1) is 0 Å². The molecule has 0 aliphatic carbocycles. The fourth-order valence-corrected chi connectivity index (χ4v) is 2.84. The molecule has 138 valence electrons. The van der Waals surface area contributed by atoms with Gasteiger partial charge in [-0.15, -0.1) is 0 Å². The number of carbonyl (C=O) groups excluding carboxylic acids is 1. The average Bonchev–Trinajstić information content (AvgIpc) is 2.67. The number of amides is 2. The molecule has 2 amide bonds. The van der Waals surface area contributed by atoms with Crippen molar-refractivity contribution < 1.29 is 23.7 Å². The van der Waals surface area contributed by atoms with Gasteiger partial charge in [-0.05, 0) is 42.3 Å². The summed E-state index contributed by atoms with van der Waals surface area (Å²) in [6.07, 6.45) is 0.666. The Labute approximate surface area is 152 Å². The summed E-state index contributed by atoms with van der Waals surface area (Å²) in [4.78, 5) is 12.3. The van der Waals surface area contributed by atoms with Gasteiger partial charge in [0.25, 0.3) is 0 Å². The van der Waals surface area contributed by atoms with E-state index in [9.17, 15) is 4.79 Å². The topological polar surface area (TPSA) is 78.1 Å². The van der Waals surface area contributed by atoms with E-state index in [2.05, 4.69) is 10.6 Å². The lowest BCUT2D eigenvalue weighted by Crippen LogP contribution is -2.44. The summed E-state index contributed by atoms with van der Waals surface area (Å²) >= 11 is 0. The molecule has 2 aromatic rings. The Balaban J connectivity index is 1.64. The van der Waals surface area contributed by atoms with Crippen molar-refractivity contribution in [1.82, 2.24) is 5.32 Å². The summed E-state index contributed by atoms with van der Waals surface area (Å²) in [5.74, 6) is 2.76. The van der Waals surface area contributed by atoms with Crippen LogP contribution >= 0.6 is 0 Å². The Bertz CT molecular complexity index is 793. The van der Waals surface area contributed by atoms with Crippen molar-refractivity contribution in [3.8, 4) is 23.0 Å². The molecule has 1 heterocycles.